The zero-order valence-corrected chi connectivity index (χ0v) is 20.0. The minimum atomic E-state index is -1.86. The maximum absolute atomic E-state index is 13.9. The predicted octanol–water partition coefficient (Wildman–Crippen LogP) is 5.53. The molecule has 1 aromatic rings. The van der Waals surface area contributed by atoms with Gasteiger partial charge in [-0.1, -0.05) is 45.5 Å². The maximum atomic E-state index is 13.9. The van der Waals surface area contributed by atoms with Gasteiger partial charge in [0.25, 0.3) is 0 Å². The summed E-state index contributed by atoms with van der Waals surface area (Å²) in [5.41, 5.74) is 0.569. The zero-order valence-electron chi connectivity index (χ0n) is 18.1. The molecule has 0 atom stereocenters. The number of amides is 2. The van der Waals surface area contributed by atoms with Crippen LogP contribution >= 0.6 is 12.6 Å². The normalized spacial score (nSPS) is 12.0. The van der Waals surface area contributed by atoms with Crippen molar-refractivity contribution in [3.8, 4) is 0 Å². The van der Waals surface area contributed by atoms with Gasteiger partial charge in [-0.3, -0.25) is 4.90 Å². The molecule has 7 heteroatoms. The van der Waals surface area contributed by atoms with Crippen molar-refractivity contribution in [3.05, 3.63) is 47.3 Å². The summed E-state index contributed by atoms with van der Waals surface area (Å²) in [5.74, 6) is -0.269. The van der Waals surface area contributed by atoms with Crippen LogP contribution in [0, 0.1) is 5.82 Å². The second kappa shape index (κ2) is 10.5. The minimum Gasteiger partial charge on any atom is -0.415 e. The van der Waals surface area contributed by atoms with E-state index < -0.39 is 8.32 Å². The molecular formula is C21H35FN2O2SSi. The summed E-state index contributed by atoms with van der Waals surface area (Å²) < 4.78 is 20.1. The monoisotopic (exact) mass is 426 g/mol. The van der Waals surface area contributed by atoms with Crippen molar-refractivity contribution in [2.24, 2.45) is 0 Å². The van der Waals surface area contributed by atoms with Crippen molar-refractivity contribution < 1.29 is 13.6 Å². The first-order chi connectivity index (χ1) is 12.9. The van der Waals surface area contributed by atoms with E-state index in [-0.39, 0.29) is 16.9 Å². The molecule has 0 aromatic heterocycles. The topological polar surface area (TPSA) is 32.8 Å². The highest BCUT2D eigenvalue weighted by molar-refractivity contribution is 7.84. The van der Waals surface area contributed by atoms with E-state index in [9.17, 15) is 9.18 Å². The second-order valence-electron chi connectivity index (χ2n) is 8.38. The van der Waals surface area contributed by atoms with Crippen LogP contribution in [-0.4, -0.2) is 50.4 Å². The van der Waals surface area contributed by atoms with Gasteiger partial charge in [0.2, 0.25) is 0 Å². The Morgan fingerprint density at radius 1 is 1.25 bits per heavy atom. The minimum absolute atomic E-state index is 0.124. The number of likely N-dealkylation sites (N-methyl/N-ethyl adjacent to an activating group) is 1. The summed E-state index contributed by atoms with van der Waals surface area (Å²) in [4.78, 5) is 16.2. The summed E-state index contributed by atoms with van der Waals surface area (Å²) >= 11 is 4.28. The van der Waals surface area contributed by atoms with Crippen LogP contribution in [0.2, 0.25) is 18.1 Å². The maximum Gasteiger partial charge on any atom is 0.324 e. The predicted molar refractivity (Wildman–Crippen MR) is 121 cm³/mol. The van der Waals surface area contributed by atoms with Crippen LogP contribution in [-0.2, 0) is 10.8 Å². The largest absolute Gasteiger partial charge is 0.415 e. The summed E-state index contributed by atoms with van der Waals surface area (Å²) in [6.07, 6.45) is 0.399. The molecule has 1 rings (SSSR count). The fourth-order valence-corrected chi connectivity index (χ4v) is 3.68. The molecule has 0 radical (unpaired) electrons. The van der Waals surface area contributed by atoms with E-state index in [4.69, 9.17) is 4.43 Å². The Balaban J connectivity index is 2.73. The first-order valence-electron chi connectivity index (χ1n) is 9.72. The van der Waals surface area contributed by atoms with Crippen LogP contribution in [0.1, 0.15) is 33.3 Å². The summed E-state index contributed by atoms with van der Waals surface area (Å²) in [6, 6.07) is 6.41. The molecule has 0 aliphatic carbocycles. The molecule has 0 bridgehead atoms. The molecular weight excluding hydrogens is 391 g/mol. The van der Waals surface area contributed by atoms with Gasteiger partial charge in [0.1, 0.15) is 5.82 Å². The quantitative estimate of drug-likeness (QED) is 0.416. The van der Waals surface area contributed by atoms with Gasteiger partial charge in [0.05, 0.1) is 11.6 Å². The van der Waals surface area contributed by atoms with Crippen LogP contribution < -0.4 is 0 Å². The van der Waals surface area contributed by atoms with Crippen molar-refractivity contribution >= 4 is 27.0 Å². The van der Waals surface area contributed by atoms with Crippen molar-refractivity contribution in [3.63, 3.8) is 0 Å². The number of halogens is 1. The number of thiol groups is 1. The van der Waals surface area contributed by atoms with Gasteiger partial charge in [-0.05, 0) is 43.1 Å². The third kappa shape index (κ3) is 6.94. The Labute approximate surface area is 176 Å². The molecule has 0 aliphatic rings. The molecule has 0 heterocycles. The molecule has 0 fully saturated rings. The summed E-state index contributed by atoms with van der Waals surface area (Å²) in [6.45, 7) is 18.6. The fraction of sp³-hybridized carbons (Fsp3) is 0.571. The lowest BCUT2D eigenvalue weighted by molar-refractivity contribution is 0.157. The highest BCUT2D eigenvalue weighted by Crippen LogP contribution is 2.36. The summed E-state index contributed by atoms with van der Waals surface area (Å²) in [5, 5.41) is 0.476. The Bertz CT molecular complexity index is 677. The van der Waals surface area contributed by atoms with E-state index in [1.807, 2.05) is 6.92 Å². The first kappa shape index (κ1) is 24.7. The molecule has 0 saturated carbocycles. The van der Waals surface area contributed by atoms with E-state index >= 15 is 0 Å². The molecule has 28 heavy (non-hydrogen) atoms. The third-order valence-corrected chi connectivity index (χ3v) is 10.2. The van der Waals surface area contributed by atoms with Gasteiger partial charge < -0.3 is 9.33 Å². The lowest BCUT2D eigenvalue weighted by Crippen LogP contribution is -2.46. The van der Waals surface area contributed by atoms with Gasteiger partial charge in [-0.15, -0.1) is 12.6 Å². The Hall–Kier alpha value is -1.31. The second-order valence-corrected chi connectivity index (χ2v) is 13.7. The number of hydrogen-bond acceptors (Lipinski definition) is 3. The highest BCUT2D eigenvalue weighted by atomic mass is 32.1. The molecule has 4 nitrogen and oxygen atoms in total. The van der Waals surface area contributed by atoms with Crippen molar-refractivity contribution in [2.45, 2.75) is 52.2 Å². The SMILES string of the molecule is C=C(S)N(CCc1ccccc1F)C(=O)N(CC)CCO[Si](C)(C)C(C)(C)C. The smallest absolute Gasteiger partial charge is 0.324 e. The Kier molecular flexibility index (Phi) is 9.24. The Morgan fingerprint density at radius 3 is 2.36 bits per heavy atom. The Morgan fingerprint density at radius 2 is 1.86 bits per heavy atom. The number of carbonyl (C=O) groups is 1. The van der Waals surface area contributed by atoms with Gasteiger partial charge in [0, 0.05) is 19.6 Å². The van der Waals surface area contributed by atoms with Crippen LogP contribution in [0.4, 0.5) is 9.18 Å². The molecule has 0 N–H and O–H groups in total. The average Bonchev–Trinajstić information content (AvgIpc) is 2.59. The van der Waals surface area contributed by atoms with Gasteiger partial charge in [0.15, 0.2) is 8.32 Å². The van der Waals surface area contributed by atoms with Crippen molar-refractivity contribution in [1.29, 1.82) is 0 Å². The van der Waals surface area contributed by atoms with E-state index in [1.165, 1.54) is 11.0 Å². The molecule has 0 spiro atoms. The average molecular weight is 427 g/mol. The van der Waals surface area contributed by atoms with E-state index in [0.29, 0.717) is 43.3 Å². The molecule has 158 valence electrons. The van der Waals surface area contributed by atoms with Crippen molar-refractivity contribution in [1.82, 2.24) is 9.80 Å². The number of benzene rings is 1. The van der Waals surface area contributed by atoms with E-state index in [2.05, 4.69) is 53.1 Å². The van der Waals surface area contributed by atoms with Crippen molar-refractivity contribution in [2.75, 3.05) is 26.2 Å². The number of rotatable bonds is 9. The van der Waals surface area contributed by atoms with Crippen LogP contribution in [0.25, 0.3) is 0 Å². The standard InChI is InChI=1S/C21H35FN2O2SSi/c1-8-23(15-16-26-28(6,7)21(3,4)5)20(25)24(17(2)27)14-13-18-11-9-10-12-19(18)22/h9-12,27H,2,8,13-16H2,1,3-7H3. The van der Waals surface area contributed by atoms with Crippen LogP contribution in [0.15, 0.2) is 35.9 Å². The number of urea groups is 1. The van der Waals surface area contributed by atoms with E-state index in [1.54, 1.807) is 23.1 Å². The number of hydrogen-bond donors (Lipinski definition) is 1. The molecule has 0 saturated heterocycles. The highest BCUT2D eigenvalue weighted by Gasteiger charge is 2.37. The number of nitrogens with zero attached hydrogens (tertiary/aromatic N) is 2. The molecule has 2 amide bonds. The zero-order chi connectivity index (χ0) is 21.5. The molecule has 0 unspecified atom stereocenters. The van der Waals surface area contributed by atoms with Crippen LogP contribution in [0.3, 0.4) is 0 Å². The lowest BCUT2D eigenvalue weighted by Gasteiger charge is -2.37. The summed E-state index contributed by atoms with van der Waals surface area (Å²) in [7, 11) is -1.86. The van der Waals surface area contributed by atoms with Crippen LogP contribution in [0.5, 0.6) is 0 Å². The fourth-order valence-electron chi connectivity index (χ4n) is 2.46. The lowest BCUT2D eigenvalue weighted by atomic mass is 10.1. The van der Waals surface area contributed by atoms with Gasteiger partial charge in [-0.25, -0.2) is 9.18 Å². The number of carbonyl (C=O) groups excluding carboxylic acids is 1. The van der Waals surface area contributed by atoms with Gasteiger partial charge in [-0.2, -0.15) is 0 Å². The molecule has 1 aromatic carbocycles. The third-order valence-electron chi connectivity index (χ3n) is 5.39. The van der Waals surface area contributed by atoms with E-state index in [0.717, 1.165) is 0 Å². The first-order valence-corrected chi connectivity index (χ1v) is 13.1. The molecule has 0 aliphatic heterocycles. The van der Waals surface area contributed by atoms with Gasteiger partial charge >= 0.3 is 6.03 Å².